The first-order valence-corrected chi connectivity index (χ1v) is 8.60. The molecule has 22 heavy (non-hydrogen) atoms. The number of nitrogens with one attached hydrogen (secondary N) is 1. The van der Waals surface area contributed by atoms with Gasteiger partial charge in [-0.3, -0.25) is 0 Å². The number of nitrogens with zero attached hydrogens (tertiary/aromatic N) is 1. The van der Waals surface area contributed by atoms with Crippen molar-refractivity contribution >= 4 is 40.6 Å². The Morgan fingerprint density at radius 1 is 1.23 bits per heavy atom. The molecule has 3 rings (SSSR count). The minimum absolute atomic E-state index is 0.331. The maximum atomic E-state index is 11.1. The molecule has 0 atom stereocenters. The molecule has 7 heteroatoms. The summed E-state index contributed by atoms with van der Waals surface area (Å²) in [5.74, 6) is -0.902. The number of thiophene rings is 1. The number of hydrogen-bond donors (Lipinski definition) is 2. The molecule has 1 aliphatic heterocycles. The van der Waals surface area contributed by atoms with E-state index in [2.05, 4.69) is 21.8 Å². The van der Waals surface area contributed by atoms with Crippen molar-refractivity contribution < 1.29 is 14.6 Å². The van der Waals surface area contributed by atoms with Gasteiger partial charge in [-0.2, -0.15) is 0 Å². The second kappa shape index (κ2) is 7.04. The molecule has 1 aromatic carbocycles. The summed E-state index contributed by atoms with van der Waals surface area (Å²) in [5.41, 5.74) is 1.83. The summed E-state index contributed by atoms with van der Waals surface area (Å²) in [7, 11) is 0. The van der Waals surface area contributed by atoms with Crippen LogP contribution in [-0.4, -0.2) is 37.4 Å². The van der Waals surface area contributed by atoms with Crippen molar-refractivity contribution in [2.24, 2.45) is 0 Å². The molecule has 1 fully saturated rings. The van der Waals surface area contributed by atoms with Crippen LogP contribution in [0.5, 0.6) is 0 Å². The zero-order valence-corrected chi connectivity index (χ0v) is 13.5. The number of benzene rings is 1. The van der Waals surface area contributed by atoms with Gasteiger partial charge in [0, 0.05) is 23.7 Å². The maximum absolute atomic E-state index is 11.1. The highest BCUT2D eigenvalue weighted by atomic mass is 32.2. The second-order valence-electron chi connectivity index (χ2n) is 4.77. The second-order valence-corrected chi connectivity index (χ2v) is 6.56. The van der Waals surface area contributed by atoms with Crippen LogP contribution in [0.25, 0.3) is 0 Å². The molecule has 5 nitrogen and oxygen atoms in total. The summed E-state index contributed by atoms with van der Waals surface area (Å²) in [6.45, 7) is 3.38. The summed E-state index contributed by atoms with van der Waals surface area (Å²) in [5, 5.41) is 10.8. The monoisotopic (exact) mass is 336 g/mol. The van der Waals surface area contributed by atoms with Gasteiger partial charge in [-0.25, -0.2) is 4.79 Å². The topological polar surface area (TPSA) is 61.8 Å². The average molecular weight is 336 g/mol. The van der Waals surface area contributed by atoms with Crippen LogP contribution < -0.4 is 9.62 Å². The molecule has 1 aliphatic rings. The number of ether oxygens (including phenoxy) is 1. The predicted molar refractivity (Wildman–Crippen MR) is 90.2 cm³/mol. The van der Waals surface area contributed by atoms with Crippen LogP contribution in [-0.2, 0) is 4.74 Å². The largest absolute Gasteiger partial charge is 0.477 e. The zero-order chi connectivity index (χ0) is 15.4. The third kappa shape index (κ3) is 3.55. The van der Waals surface area contributed by atoms with Crippen molar-refractivity contribution in [2.45, 2.75) is 4.90 Å². The van der Waals surface area contributed by atoms with Gasteiger partial charge in [0.05, 0.1) is 18.9 Å². The molecule has 0 bridgehead atoms. The molecule has 1 saturated heterocycles. The quantitative estimate of drug-likeness (QED) is 0.816. The number of anilines is 2. The Labute approximate surface area is 137 Å². The zero-order valence-electron chi connectivity index (χ0n) is 11.8. The molecule has 1 aromatic heterocycles. The van der Waals surface area contributed by atoms with Gasteiger partial charge >= 0.3 is 5.97 Å². The highest BCUT2D eigenvalue weighted by Crippen LogP contribution is 2.29. The summed E-state index contributed by atoms with van der Waals surface area (Å²) >= 11 is 2.64. The molecule has 2 aromatic rings. The van der Waals surface area contributed by atoms with Crippen molar-refractivity contribution in [1.29, 1.82) is 0 Å². The van der Waals surface area contributed by atoms with Gasteiger partial charge in [0.2, 0.25) is 0 Å². The van der Waals surface area contributed by atoms with Crippen molar-refractivity contribution in [2.75, 3.05) is 35.9 Å². The first kappa shape index (κ1) is 15.2. The predicted octanol–water partition coefficient (Wildman–Crippen LogP) is 3.40. The molecule has 0 unspecified atom stereocenters. The van der Waals surface area contributed by atoms with Gasteiger partial charge in [-0.05, 0) is 47.7 Å². The summed E-state index contributed by atoms with van der Waals surface area (Å²) in [6, 6.07) is 10.0. The van der Waals surface area contributed by atoms with Crippen molar-refractivity contribution in [3.63, 3.8) is 0 Å². The van der Waals surface area contributed by atoms with E-state index in [1.165, 1.54) is 29.0 Å². The fourth-order valence-electron chi connectivity index (χ4n) is 2.22. The van der Waals surface area contributed by atoms with Crippen LogP contribution in [0.1, 0.15) is 9.67 Å². The van der Waals surface area contributed by atoms with Gasteiger partial charge in [0.15, 0.2) is 0 Å². The van der Waals surface area contributed by atoms with Crippen molar-refractivity contribution in [1.82, 2.24) is 0 Å². The third-order valence-corrected chi connectivity index (χ3v) is 5.08. The Balaban J connectivity index is 1.61. The lowest BCUT2D eigenvalue weighted by molar-refractivity contribution is 0.0703. The number of morpholine rings is 1. The van der Waals surface area contributed by atoms with Crippen molar-refractivity contribution in [3.8, 4) is 0 Å². The highest BCUT2D eigenvalue weighted by molar-refractivity contribution is 8.00. The molecular weight excluding hydrogens is 320 g/mol. The van der Waals surface area contributed by atoms with Crippen molar-refractivity contribution in [3.05, 3.63) is 40.6 Å². The molecule has 0 saturated carbocycles. The van der Waals surface area contributed by atoms with E-state index in [1.54, 1.807) is 11.4 Å². The SMILES string of the molecule is O=C(O)c1sccc1NSc1ccc(N2CCOCC2)cc1. The van der Waals surface area contributed by atoms with Crippen LogP contribution >= 0.6 is 23.3 Å². The van der Waals surface area contributed by atoms with Crippen LogP contribution in [0.3, 0.4) is 0 Å². The van der Waals surface area contributed by atoms with Crippen LogP contribution in [0, 0.1) is 0 Å². The lowest BCUT2D eigenvalue weighted by Gasteiger charge is -2.28. The Hall–Kier alpha value is -1.70. The summed E-state index contributed by atoms with van der Waals surface area (Å²) in [6.07, 6.45) is 0. The van der Waals surface area contributed by atoms with Gasteiger partial charge < -0.3 is 19.5 Å². The molecule has 0 amide bonds. The molecule has 2 N–H and O–H groups in total. The molecular formula is C15H16N2O3S2. The number of rotatable bonds is 5. The first-order valence-electron chi connectivity index (χ1n) is 6.90. The standard InChI is InChI=1S/C15H16N2O3S2/c18-15(19)14-13(5-10-21-14)16-22-12-3-1-11(2-4-12)17-6-8-20-9-7-17/h1-5,10,16H,6-9H2,(H,18,19). The Morgan fingerprint density at radius 3 is 2.64 bits per heavy atom. The molecule has 2 heterocycles. The number of carboxylic acids is 1. The third-order valence-electron chi connectivity index (χ3n) is 3.35. The van der Waals surface area contributed by atoms with E-state index in [9.17, 15) is 4.79 Å². The fourth-order valence-corrected chi connectivity index (χ4v) is 3.64. The molecule has 116 valence electrons. The van der Waals surface area contributed by atoms with Gasteiger partial charge in [-0.1, -0.05) is 0 Å². The molecule has 0 radical (unpaired) electrons. The number of carbonyl (C=O) groups is 1. The summed E-state index contributed by atoms with van der Waals surface area (Å²) in [4.78, 5) is 14.7. The lowest BCUT2D eigenvalue weighted by Crippen LogP contribution is -2.36. The first-order chi connectivity index (χ1) is 10.7. The average Bonchev–Trinajstić information content (AvgIpc) is 3.03. The normalized spacial score (nSPS) is 14.8. The van der Waals surface area contributed by atoms with E-state index >= 15 is 0 Å². The van der Waals surface area contributed by atoms with E-state index < -0.39 is 5.97 Å². The number of carboxylic acid groups (broad SMARTS) is 1. The van der Waals surface area contributed by atoms with Crippen LogP contribution in [0.2, 0.25) is 0 Å². The summed E-state index contributed by atoms with van der Waals surface area (Å²) < 4.78 is 8.46. The van der Waals surface area contributed by atoms with Crippen LogP contribution in [0.4, 0.5) is 11.4 Å². The Morgan fingerprint density at radius 2 is 1.95 bits per heavy atom. The maximum Gasteiger partial charge on any atom is 0.348 e. The van der Waals surface area contributed by atoms with E-state index in [1.807, 2.05) is 12.1 Å². The van der Waals surface area contributed by atoms with Gasteiger partial charge in [-0.15, -0.1) is 11.3 Å². The molecule has 0 spiro atoms. The van der Waals surface area contributed by atoms with Gasteiger partial charge in [0.1, 0.15) is 4.88 Å². The van der Waals surface area contributed by atoms with Gasteiger partial charge in [0.25, 0.3) is 0 Å². The number of aromatic carboxylic acids is 1. The fraction of sp³-hybridized carbons (Fsp3) is 0.267. The lowest BCUT2D eigenvalue weighted by atomic mass is 10.2. The van der Waals surface area contributed by atoms with E-state index in [0.717, 1.165) is 31.2 Å². The molecule has 0 aliphatic carbocycles. The number of hydrogen-bond acceptors (Lipinski definition) is 6. The minimum atomic E-state index is -0.902. The Bertz CT molecular complexity index is 636. The smallest absolute Gasteiger partial charge is 0.348 e. The van der Waals surface area contributed by atoms with Crippen LogP contribution in [0.15, 0.2) is 40.6 Å². The van der Waals surface area contributed by atoms with E-state index in [4.69, 9.17) is 9.84 Å². The Kier molecular flexibility index (Phi) is 4.87. The van der Waals surface area contributed by atoms with E-state index in [0.29, 0.717) is 10.6 Å². The highest BCUT2D eigenvalue weighted by Gasteiger charge is 2.12. The van der Waals surface area contributed by atoms with E-state index in [-0.39, 0.29) is 0 Å². The minimum Gasteiger partial charge on any atom is -0.477 e.